The average Bonchev–Trinajstić information content (AvgIpc) is 2.85. The normalized spacial score (nSPS) is 10.5. The number of nitriles is 1. The number of aromatic nitrogens is 2. The van der Waals surface area contributed by atoms with Gasteiger partial charge in [-0.3, -0.25) is 14.5 Å². The van der Waals surface area contributed by atoms with Crippen LogP contribution >= 0.6 is 15.9 Å². The first-order valence-electron chi connectivity index (χ1n) is 5.92. The maximum atomic E-state index is 10.7. The number of benzene rings is 1. The van der Waals surface area contributed by atoms with Gasteiger partial charge < -0.3 is 0 Å². The molecular formula is C14H7BrN4O2. The van der Waals surface area contributed by atoms with Gasteiger partial charge in [0.05, 0.1) is 4.92 Å². The molecule has 0 N–H and O–H groups in total. The molecular weight excluding hydrogens is 336 g/mol. The summed E-state index contributed by atoms with van der Waals surface area (Å²) in [6.07, 6.45) is 1.76. The Balaban J connectivity index is 2.20. The van der Waals surface area contributed by atoms with Crippen LogP contribution in [0.2, 0.25) is 0 Å². The molecule has 0 aliphatic heterocycles. The molecule has 2 aromatic heterocycles. The smallest absolute Gasteiger partial charge is 0.269 e. The fraction of sp³-hybridized carbons (Fsp3) is 0. The van der Waals surface area contributed by atoms with Gasteiger partial charge in [-0.2, -0.15) is 5.26 Å². The fourth-order valence-electron chi connectivity index (χ4n) is 2.07. The summed E-state index contributed by atoms with van der Waals surface area (Å²) in [5, 5.41) is 20.0. The summed E-state index contributed by atoms with van der Waals surface area (Å²) in [7, 11) is 0. The molecule has 0 fully saturated rings. The Hall–Kier alpha value is -2.72. The molecule has 0 radical (unpaired) electrons. The molecule has 7 heteroatoms. The highest BCUT2D eigenvalue weighted by atomic mass is 79.9. The minimum atomic E-state index is -0.463. The minimum Gasteiger partial charge on any atom is -0.290 e. The van der Waals surface area contributed by atoms with Crippen molar-refractivity contribution < 1.29 is 4.92 Å². The molecule has 2 heterocycles. The van der Waals surface area contributed by atoms with Gasteiger partial charge in [0.25, 0.3) is 5.69 Å². The van der Waals surface area contributed by atoms with Gasteiger partial charge in [0, 0.05) is 28.4 Å². The molecule has 0 spiro atoms. The monoisotopic (exact) mass is 342 g/mol. The zero-order chi connectivity index (χ0) is 15.0. The first-order chi connectivity index (χ1) is 10.1. The van der Waals surface area contributed by atoms with Crippen LogP contribution in [0.5, 0.6) is 0 Å². The summed E-state index contributed by atoms with van der Waals surface area (Å²) in [6, 6.07) is 11.7. The van der Waals surface area contributed by atoms with E-state index in [0.29, 0.717) is 22.6 Å². The lowest BCUT2D eigenvalue weighted by molar-refractivity contribution is -0.384. The maximum absolute atomic E-state index is 10.7. The van der Waals surface area contributed by atoms with Gasteiger partial charge in [-0.15, -0.1) is 0 Å². The molecule has 0 bridgehead atoms. The topological polar surface area (TPSA) is 84.2 Å². The van der Waals surface area contributed by atoms with E-state index in [1.165, 1.54) is 12.1 Å². The van der Waals surface area contributed by atoms with Gasteiger partial charge in [-0.25, -0.2) is 4.98 Å². The van der Waals surface area contributed by atoms with E-state index in [-0.39, 0.29) is 5.69 Å². The molecule has 1 aromatic carbocycles. The van der Waals surface area contributed by atoms with Crippen molar-refractivity contribution in [3.05, 3.63) is 62.9 Å². The molecule has 21 heavy (non-hydrogen) atoms. The van der Waals surface area contributed by atoms with E-state index >= 15 is 0 Å². The molecule has 0 saturated carbocycles. The second-order valence-corrected chi connectivity index (χ2v) is 5.22. The maximum Gasteiger partial charge on any atom is 0.269 e. The molecule has 3 aromatic rings. The van der Waals surface area contributed by atoms with Crippen molar-refractivity contribution in [2.75, 3.05) is 0 Å². The zero-order valence-electron chi connectivity index (χ0n) is 10.5. The number of rotatable bonds is 2. The van der Waals surface area contributed by atoms with Crippen molar-refractivity contribution in [1.82, 2.24) is 9.38 Å². The predicted octanol–water partition coefficient (Wildman–Crippen LogP) is 3.54. The third-order valence-corrected chi connectivity index (χ3v) is 3.51. The highest BCUT2D eigenvalue weighted by molar-refractivity contribution is 9.10. The first kappa shape index (κ1) is 13.3. The number of non-ortho nitro benzene ring substituents is 1. The Bertz CT molecular complexity index is 894. The number of hydrogen-bond donors (Lipinski definition) is 0. The fourth-order valence-corrected chi connectivity index (χ4v) is 2.40. The number of imidazole rings is 1. The summed E-state index contributed by atoms with van der Waals surface area (Å²) in [4.78, 5) is 14.6. The van der Waals surface area contributed by atoms with Gasteiger partial charge in [0.2, 0.25) is 0 Å². The van der Waals surface area contributed by atoms with E-state index in [1.54, 1.807) is 28.8 Å². The van der Waals surface area contributed by atoms with E-state index < -0.39 is 4.92 Å². The molecule has 0 unspecified atom stereocenters. The molecule has 0 amide bonds. The number of nitro benzene ring substituents is 1. The number of nitro groups is 1. The molecule has 0 atom stereocenters. The Morgan fingerprint density at radius 2 is 1.95 bits per heavy atom. The number of pyridine rings is 1. The lowest BCUT2D eigenvalue weighted by Crippen LogP contribution is -1.90. The molecule has 0 aliphatic carbocycles. The molecule has 3 rings (SSSR count). The molecule has 0 saturated heterocycles. The van der Waals surface area contributed by atoms with Crippen molar-refractivity contribution in [3.8, 4) is 17.3 Å². The quantitative estimate of drug-likeness (QED) is 0.526. The highest BCUT2D eigenvalue weighted by Gasteiger charge is 2.15. The van der Waals surface area contributed by atoms with Crippen LogP contribution < -0.4 is 0 Å². The van der Waals surface area contributed by atoms with Crippen LogP contribution in [-0.4, -0.2) is 14.3 Å². The lowest BCUT2D eigenvalue weighted by atomic mass is 10.1. The van der Waals surface area contributed by atoms with Crippen molar-refractivity contribution in [1.29, 1.82) is 5.26 Å². The Morgan fingerprint density at radius 1 is 1.24 bits per heavy atom. The average molecular weight is 343 g/mol. The van der Waals surface area contributed by atoms with Crippen LogP contribution in [0.15, 0.2) is 47.1 Å². The zero-order valence-corrected chi connectivity index (χ0v) is 12.1. The molecule has 6 nitrogen and oxygen atoms in total. The Labute approximate surface area is 127 Å². The number of hydrogen-bond acceptors (Lipinski definition) is 4. The van der Waals surface area contributed by atoms with Gasteiger partial charge >= 0.3 is 0 Å². The number of fused-ring (bicyclic) bond motifs is 1. The van der Waals surface area contributed by atoms with Gasteiger partial charge in [0.1, 0.15) is 17.4 Å². The van der Waals surface area contributed by atoms with Gasteiger partial charge in [-0.05, 0) is 40.2 Å². The number of halogens is 1. The molecule has 102 valence electrons. The third-order valence-electron chi connectivity index (χ3n) is 3.04. The van der Waals surface area contributed by atoms with Crippen molar-refractivity contribution in [2.45, 2.75) is 0 Å². The lowest BCUT2D eigenvalue weighted by Gasteiger charge is -1.98. The Morgan fingerprint density at radius 3 is 2.57 bits per heavy atom. The standard InChI is InChI=1S/C14H7BrN4O2/c15-10-3-6-13-17-14(12(7-16)18(13)8-10)9-1-4-11(5-2-9)19(20)21/h1-6,8H. The molecule has 0 aliphatic rings. The van der Waals surface area contributed by atoms with Crippen molar-refractivity contribution >= 4 is 27.3 Å². The van der Waals surface area contributed by atoms with Crippen LogP contribution in [0.25, 0.3) is 16.9 Å². The second-order valence-electron chi connectivity index (χ2n) is 4.30. The van der Waals surface area contributed by atoms with Crippen LogP contribution in [0.4, 0.5) is 5.69 Å². The minimum absolute atomic E-state index is 0.00349. The Kier molecular flexibility index (Phi) is 3.16. The van der Waals surface area contributed by atoms with Crippen LogP contribution in [0, 0.1) is 21.4 Å². The number of nitrogens with zero attached hydrogens (tertiary/aromatic N) is 4. The van der Waals surface area contributed by atoms with E-state index in [9.17, 15) is 15.4 Å². The van der Waals surface area contributed by atoms with Crippen LogP contribution in [0.1, 0.15) is 5.69 Å². The van der Waals surface area contributed by atoms with E-state index in [0.717, 1.165) is 4.47 Å². The summed E-state index contributed by atoms with van der Waals surface area (Å²) < 4.78 is 2.51. The largest absolute Gasteiger partial charge is 0.290 e. The van der Waals surface area contributed by atoms with E-state index in [4.69, 9.17) is 0 Å². The van der Waals surface area contributed by atoms with Crippen LogP contribution in [-0.2, 0) is 0 Å². The summed E-state index contributed by atoms with van der Waals surface area (Å²) in [5.74, 6) is 0. The van der Waals surface area contributed by atoms with Crippen molar-refractivity contribution in [3.63, 3.8) is 0 Å². The summed E-state index contributed by atoms with van der Waals surface area (Å²) in [5.41, 5.74) is 2.20. The van der Waals surface area contributed by atoms with E-state index in [2.05, 4.69) is 27.0 Å². The van der Waals surface area contributed by atoms with Gasteiger partial charge in [0.15, 0.2) is 5.69 Å². The van der Waals surface area contributed by atoms with E-state index in [1.807, 2.05) is 6.07 Å². The van der Waals surface area contributed by atoms with Gasteiger partial charge in [-0.1, -0.05) is 0 Å². The third kappa shape index (κ3) is 2.26. The summed E-state index contributed by atoms with van der Waals surface area (Å²) in [6.45, 7) is 0. The first-order valence-corrected chi connectivity index (χ1v) is 6.72. The SMILES string of the molecule is N#Cc1c(-c2ccc([N+](=O)[O-])cc2)nc2ccc(Br)cn12. The summed E-state index contributed by atoms with van der Waals surface area (Å²) >= 11 is 3.35. The van der Waals surface area contributed by atoms with Crippen LogP contribution in [0.3, 0.4) is 0 Å². The second kappa shape index (κ2) is 5.00. The predicted molar refractivity (Wildman–Crippen MR) is 79.7 cm³/mol. The van der Waals surface area contributed by atoms with Crippen molar-refractivity contribution in [2.24, 2.45) is 0 Å². The highest BCUT2D eigenvalue weighted by Crippen LogP contribution is 2.26.